The fourth-order valence-electron chi connectivity index (χ4n) is 10.8. The molecular weight excluding hydrogens is 492 g/mol. The number of allylic oxidation sites excluding steroid dienone is 2. The highest BCUT2D eigenvalue weighted by Crippen LogP contribution is 2.75. The number of rotatable bonds is 4. The normalized spacial score (nSPS) is 49.5. The van der Waals surface area contributed by atoms with Gasteiger partial charge in [-0.1, -0.05) is 47.1 Å². The van der Waals surface area contributed by atoms with Crippen molar-refractivity contribution in [2.24, 2.45) is 50.2 Å². The minimum absolute atomic E-state index is 0.0390. The summed E-state index contributed by atoms with van der Waals surface area (Å²) >= 11 is 0. The van der Waals surface area contributed by atoms with Crippen LogP contribution in [-0.4, -0.2) is 52.5 Å². The topological polar surface area (TPSA) is 104 Å². The molecule has 6 nitrogen and oxygen atoms in total. The molecule has 0 radical (unpaired) electrons. The van der Waals surface area contributed by atoms with E-state index in [-0.39, 0.29) is 63.4 Å². The Hall–Kier alpha value is -1.24. The molecule has 0 heterocycles. The van der Waals surface area contributed by atoms with Crippen molar-refractivity contribution in [2.45, 2.75) is 118 Å². The van der Waals surface area contributed by atoms with Gasteiger partial charge >= 0.3 is 5.97 Å². The first-order valence-electron chi connectivity index (χ1n) is 15.4. The summed E-state index contributed by atoms with van der Waals surface area (Å²) in [4.78, 5) is 27.7. The predicted octanol–water partition coefficient (Wildman–Crippen LogP) is 5.22. The minimum atomic E-state index is -1.07. The van der Waals surface area contributed by atoms with E-state index in [4.69, 9.17) is 9.84 Å². The smallest absolute Gasteiger partial charge is 0.311 e. The number of aliphatic hydroxyl groups is 3. The number of aliphatic hydroxyl groups excluding tert-OH is 3. The van der Waals surface area contributed by atoms with Gasteiger partial charge in [-0.15, -0.1) is 0 Å². The zero-order chi connectivity index (χ0) is 28.8. The van der Waals surface area contributed by atoms with Crippen LogP contribution in [0.5, 0.6) is 0 Å². The molecule has 1 unspecified atom stereocenters. The minimum Gasteiger partial charge on any atom is -0.462 e. The first-order valence-corrected chi connectivity index (χ1v) is 15.4. The van der Waals surface area contributed by atoms with E-state index < -0.39 is 18.1 Å². The van der Waals surface area contributed by atoms with Crippen molar-refractivity contribution < 1.29 is 29.6 Å². The average Bonchev–Trinajstić information content (AvgIpc) is 2.87. The molecule has 0 amide bonds. The molecule has 0 aromatic carbocycles. The highest BCUT2D eigenvalue weighted by atomic mass is 16.5. The average molecular weight is 545 g/mol. The fraction of sp³-hybridized carbons (Fsp3) is 0.879. The number of ether oxygens (including phenoxy) is 1. The van der Waals surface area contributed by atoms with Gasteiger partial charge in [-0.3, -0.25) is 9.59 Å². The Labute approximate surface area is 235 Å². The van der Waals surface area contributed by atoms with Crippen molar-refractivity contribution in [1.29, 1.82) is 0 Å². The van der Waals surface area contributed by atoms with Crippen LogP contribution in [0.25, 0.3) is 0 Å². The Bertz CT molecular complexity index is 1060. The molecule has 4 fully saturated rings. The lowest BCUT2D eigenvalue weighted by molar-refractivity contribution is -0.202. The van der Waals surface area contributed by atoms with E-state index in [0.29, 0.717) is 12.3 Å². The first-order chi connectivity index (χ1) is 18.0. The van der Waals surface area contributed by atoms with E-state index in [1.807, 2.05) is 13.0 Å². The highest BCUT2D eigenvalue weighted by Gasteiger charge is 2.70. The van der Waals surface area contributed by atoms with E-state index in [2.05, 4.69) is 41.5 Å². The Morgan fingerprint density at radius 1 is 1.00 bits per heavy atom. The van der Waals surface area contributed by atoms with Crippen LogP contribution in [0.2, 0.25) is 0 Å². The molecule has 6 heteroatoms. The molecule has 5 rings (SSSR count). The molecule has 220 valence electrons. The van der Waals surface area contributed by atoms with Crippen LogP contribution in [0, 0.1) is 50.2 Å². The number of hydrogen-bond acceptors (Lipinski definition) is 6. The summed E-state index contributed by atoms with van der Waals surface area (Å²) in [6.45, 7) is 15.2. The molecule has 4 saturated carbocycles. The predicted molar refractivity (Wildman–Crippen MR) is 149 cm³/mol. The zero-order valence-corrected chi connectivity index (χ0v) is 25.3. The van der Waals surface area contributed by atoms with E-state index in [0.717, 1.165) is 51.4 Å². The van der Waals surface area contributed by atoms with Crippen molar-refractivity contribution in [3.05, 3.63) is 11.6 Å². The van der Waals surface area contributed by atoms with Gasteiger partial charge in [0.1, 0.15) is 12.7 Å². The Morgan fingerprint density at radius 2 is 1.67 bits per heavy atom. The summed E-state index contributed by atoms with van der Waals surface area (Å²) in [7, 11) is 0. The molecule has 39 heavy (non-hydrogen) atoms. The maximum absolute atomic E-state index is 14.4. The SMILES string of the molecule is CC1(C)[C@@H](O)CC[C@@]2(C)[C@H]1CC[C@]1(C)[C@H]2C(=O)C=C2[C@@H]3C[C@@](C)(C(=O)OCC(O)CO)CC[C@]3(C)CC[C@]21C. The van der Waals surface area contributed by atoms with Crippen molar-refractivity contribution in [3.8, 4) is 0 Å². The van der Waals surface area contributed by atoms with Crippen LogP contribution in [0.4, 0.5) is 0 Å². The van der Waals surface area contributed by atoms with Crippen LogP contribution in [0.3, 0.4) is 0 Å². The van der Waals surface area contributed by atoms with Gasteiger partial charge in [0.15, 0.2) is 5.78 Å². The molecule has 0 bridgehead atoms. The van der Waals surface area contributed by atoms with Crippen LogP contribution >= 0.6 is 0 Å². The number of carbonyl (C=O) groups is 2. The van der Waals surface area contributed by atoms with Crippen LogP contribution in [0.15, 0.2) is 11.6 Å². The third-order valence-electron chi connectivity index (χ3n) is 13.7. The quantitative estimate of drug-likeness (QED) is 0.419. The van der Waals surface area contributed by atoms with Gasteiger partial charge in [-0.2, -0.15) is 0 Å². The van der Waals surface area contributed by atoms with Gasteiger partial charge in [-0.25, -0.2) is 0 Å². The lowest BCUT2D eigenvalue weighted by atomic mass is 9.33. The zero-order valence-electron chi connectivity index (χ0n) is 25.3. The van der Waals surface area contributed by atoms with Crippen molar-refractivity contribution in [3.63, 3.8) is 0 Å². The Kier molecular flexibility index (Phi) is 6.85. The van der Waals surface area contributed by atoms with Gasteiger partial charge in [0.05, 0.1) is 18.1 Å². The van der Waals surface area contributed by atoms with Gasteiger partial charge < -0.3 is 20.1 Å². The summed E-state index contributed by atoms with van der Waals surface area (Å²) in [6, 6.07) is 0. The number of carbonyl (C=O) groups excluding carboxylic acids is 2. The maximum atomic E-state index is 14.4. The molecular formula is C33H52O6. The lowest BCUT2D eigenvalue weighted by Crippen LogP contribution is -2.66. The Morgan fingerprint density at radius 3 is 2.33 bits per heavy atom. The second kappa shape index (κ2) is 9.13. The molecule has 0 spiro atoms. The first kappa shape index (κ1) is 29.3. The molecule has 5 aliphatic rings. The summed E-state index contributed by atoms with van der Waals surface area (Å²) in [5, 5.41) is 29.8. The summed E-state index contributed by atoms with van der Waals surface area (Å²) in [5.74, 6) is 0.322. The van der Waals surface area contributed by atoms with Crippen molar-refractivity contribution >= 4 is 11.8 Å². The maximum Gasteiger partial charge on any atom is 0.311 e. The molecule has 0 saturated heterocycles. The van der Waals surface area contributed by atoms with E-state index >= 15 is 0 Å². The largest absolute Gasteiger partial charge is 0.462 e. The van der Waals surface area contributed by atoms with Gasteiger partial charge in [0, 0.05) is 5.92 Å². The molecule has 5 aliphatic carbocycles. The van der Waals surface area contributed by atoms with E-state index in [1.165, 1.54) is 5.57 Å². The van der Waals surface area contributed by atoms with Gasteiger partial charge in [0.25, 0.3) is 0 Å². The van der Waals surface area contributed by atoms with E-state index in [1.54, 1.807) is 0 Å². The Balaban J connectivity index is 1.52. The van der Waals surface area contributed by atoms with Crippen LogP contribution < -0.4 is 0 Å². The number of fused-ring (bicyclic) bond motifs is 7. The third-order valence-corrected chi connectivity index (χ3v) is 13.7. The second-order valence-corrected chi connectivity index (χ2v) is 16.1. The lowest BCUT2D eigenvalue weighted by Gasteiger charge is -2.70. The fourth-order valence-corrected chi connectivity index (χ4v) is 10.8. The number of hydrogen-bond donors (Lipinski definition) is 3. The molecule has 3 N–H and O–H groups in total. The number of esters is 1. The molecule has 0 aromatic heterocycles. The monoisotopic (exact) mass is 544 g/mol. The number of ketones is 1. The summed E-state index contributed by atoms with van der Waals surface area (Å²) in [5.41, 5.74) is -0.0375. The highest BCUT2D eigenvalue weighted by molar-refractivity contribution is 5.95. The summed E-state index contributed by atoms with van der Waals surface area (Å²) < 4.78 is 5.48. The third kappa shape index (κ3) is 3.97. The van der Waals surface area contributed by atoms with E-state index in [9.17, 15) is 19.8 Å². The molecule has 10 atom stereocenters. The van der Waals surface area contributed by atoms with Crippen molar-refractivity contribution in [2.75, 3.05) is 13.2 Å². The van der Waals surface area contributed by atoms with Crippen molar-refractivity contribution in [1.82, 2.24) is 0 Å². The second-order valence-electron chi connectivity index (χ2n) is 16.1. The summed E-state index contributed by atoms with van der Waals surface area (Å²) in [6.07, 6.45) is 8.69. The van der Waals surface area contributed by atoms with Crippen LogP contribution in [-0.2, 0) is 14.3 Å². The molecule has 0 aromatic rings. The van der Waals surface area contributed by atoms with Gasteiger partial charge in [-0.05, 0) is 110 Å². The van der Waals surface area contributed by atoms with Crippen LogP contribution in [0.1, 0.15) is 106 Å². The molecule has 0 aliphatic heterocycles. The standard InChI is InChI=1S/C33H52O6/c1-28(2)24-8-11-33(7)26(31(24,5)10-9-25(28)37)23(36)16-21-22-17-30(4,27(38)39-19-20(35)18-34)13-12-29(22,3)14-15-32(21,33)6/h16,20,22,24-26,34-35,37H,8-15,17-19H2,1-7H3/t20?,22-,24-,25-,26-,29+,30-,31-,32+,33+/m0/s1. The van der Waals surface area contributed by atoms with Gasteiger partial charge in [0.2, 0.25) is 0 Å².